The summed E-state index contributed by atoms with van der Waals surface area (Å²) >= 11 is 11.8. The van der Waals surface area contributed by atoms with Gasteiger partial charge in [0, 0.05) is 94.5 Å². The number of nitrogens with one attached hydrogen (secondary N) is 2. The average molecular weight is 1270 g/mol. The van der Waals surface area contributed by atoms with Crippen LogP contribution in [0.2, 0.25) is 10.0 Å². The lowest BCUT2D eigenvalue weighted by Crippen LogP contribution is -2.48. The second-order valence-corrected chi connectivity index (χ2v) is 27.7. The molecule has 10 rings (SSSR count). The lowest BCUT2D eigenvalue weighted by Gasteiger charge is -2.27. The first-order valence-electron chi connectivity index (χ1n) is 28.1. The highest BCUT2D eigenvalue weighted by atomic mass is 35.5. The molecule has 86 heavy (non-hydrogen) atoms. The first kappa shape index (κ1) is 64.3. The van der Waals surface area contributed by atoms with Crippen LogP contribution in [0.1, 0.15) is 85.2 Å². The standard InChI is InChI=1S/C32H39ClFN4O6P.C28H31ClFN4O6P/c1-6-43-45(42,44-7-2)22-11-12-23-24(20(3)39)17-37(26(23)13-22)18-29(40)38-27(14-32(15-28(32)38)19-36(4)5)31(41)35-16-21-9-8-10-25(33)30(21)34;1-16(35)20-13-33(22-9-18(41(38,39)40)7-8-19(20)22)14-25(36)34-23(10-28(11-24(28)34)15-32(2)3)27(37)31-12-17-5-4-6-21(29)26(17)30/h8-13,17,27-28H,6-7,14-16,18-19H2,1-5H3,(H,35,41);4-9,13,23-24H,10-12,14-15H2,1-3H3,(H,31,37)(H2,38,39,40)/t27-,28?,32?;23-,24?,28?/m00/s1. The lowest BCUT2D eigenvalue weighted by molar-refractivity contribution is -0.140. The summed E-state index contributed by atoms with van der Waals surface area (Å²) < 4.78 is 68.6. The molecule has 4 amide bonds. The first-order chi connectivity index (χ1) is 40.5. The van der Waals surface area contributed by atoms with Gasteiger partial charge >= 0.3 is 15.2 Å². The summed E-state index contributed by atoms with van der Waals surface area (Å²) in [5.74, 6) is -3.08. The number of aromatic nitrogens is 2. The predicted octanol–water partition coefficient (Wildman–Crippen LogP) is 7.44. The minimum Gasteiger partial charge on any atom is -0.350 e. The fraction of sp³-hybridized carbons (Fsp3) is 0.433. The molecule has 0 radical (unpaired) electrons. The van der Waals surface area contributed by atoms with Crippen molar-refractivity contribution >= 4 is 106 Å². The molecule has 6 atom stereocenters. The third-order valence-electron chi connectivity index (χ3n) is 16.6. The maximum absolute atomic E-state index is 14.5. The molecule has 2 aliphatic heterocycles. The van der Waals surface area contributed by atoms with Gasteiger partial charge in [-0.2, -0.15) is 0 Å². The minimum atomic E-state index is -4.59. The number of carbonyl (C=O) groups excluding carboxylic acids is 6. The molecule has 460 valence electrons. The van der Waals surface area contributed by atoms with E-state index in [1.165, 1.54) is 61.0 Å². The Morgan fingerprint density at radius 1 is 0.628 bits per heavy atom. The van der Waals surface area contributed by atoms with Gasteiger partial charge in [0.2, 0.25) is 23.6 Å². The molecule has 4 aromatic carbocycles. The summed E-state index contributed by atoms with van der Waals surface area (Å²) in [4.78, 5) is 107. The largest absolute Gasteiger partial charge is 0.361 e. The fourth-order valence-corrected chi connectivity index (χ4v) is 15.4. The van der Waals surface area contributed by atoms with Gasteiger partial charge in [0.15, 0.2) is 11.6 Å². The van der Waals surface area contributed by atoms with Crippen LogP contribution < -0.4 is 21.2 Å². The summed E-state index contributed by atoms with van der Waals surface area (Å²) in [6.45, 7) is 7.46. The number of piperidine rings is 2. The molecule has 4 fully saturated rings. The highest BCUT2D eigenvalue weighted by Crippen LogP contribution is 2.61. The van der Waals surface area contributed by atoms with E-state index in [0.717, 1.165) is 12.8 Å². The highest BCUT2D eigenvalue weighted by Gasteiger charge is 2.68. The van der Waals surface area contributed by atoms with Crippen LogP contribution in [-0.4, -0.2) is 152 Å². The zero-order chi connectivity index (χ0) is 62.5. The molecule has 4 unspecified atom stereocenters. The molecule has 2 aromatic heterocycles. The number of carbonyl (C=O) groups is 6. The quantitative estimate of drug-likeness (QED) is 0.0382. The molecular formula is C60H70Cl2F2N8O12P2. The van der Waals surface area contributed by atoms with E-state index in [0.29, 0.717) is 64.2 Å². The molecule has 6 aromatic rings. The number of hydrogen-bond donors (Lipinski definition) is 4. The Bertz CT molecular complexity index is 3790. The SMILES string of the molecule is CC(=O)c1cn(CC(=O)N2C3CC3(CN(C)C)C[C@H]2C(=O)NCc2cccc(Cl)c2F)c2cc(P(=O)(O)O)ccc12.CCOP(=O)(OCC)c1ccc2c(C(C)=O)cn(CC(=O)N3C4CC4(CN(C)C)C[C@H]3C(=O)NCc3cccc(Cl)c3F)c2c1. The molecule has 4 heterocycles. The van der Waals surface area contributed by atoms with Gasteiger partial charge in [0.1, 0.15) is 36.8 Å². The third-order valence-corrected chi connectivity index (χ3v) is 20.2. The molecule has 2 saturated heterocycles. The molecule has 2 aliphatic carbocycles. The predicted molar refractivity (Wildman–Crippen MR) is 322 cm³/mol. The van der Waals surface area contributed by atoms with Gasteiger partial charge in [-0.3, -0.25) is 37.9 Å². The monoisotopic (exact) mass is 1260 g/mol. The molecule has 4 aliphatic rings. The molecule has 0 spiro atoms. The van der Waals surface area contributed by atoms with E-state index >= 15 is 0 Å². The van der Waals surface area contributed by atoms with Crippen molar-refractivity contribution in [2.75, 3.05) is 54.5 Å². The van der Waals surface area contributed by atoms with E-state index in [-0.39, 0.29) is 118 Å². The van der Waals surface area contributed by atoms with Crippen molar-refractivity contribution in [3.05, 3.63) is 129 Å². The van der Waals surface area contributed by atoms with E-state index in [1.807, 2.05) is 33.1 Å². The molecule has 0 bridgehead atoms. The van der Waals surface area contributed by atoms with Crippen molar-refractivity contribution in [2.45, 2.75) is 104 Å². The number of nitrogens with zero attached hydrogens (tertiary/aromatic N) is 6. The Kier molecular flexibility index (Phi) is 18.8. The van der Waals surface area contributed by atoms with E-state index in [4.69, 9.17) is 32.2 Å². The third kappa shape index (κ3) is 13.0. The van der Waals surface area contributed by atoms with E-state index < -0.39 is 44.8 Å². The van der Waals surface area contributed by atoms with Crippen LogP contribution in [0.25, 0.3) is 21.8 Å². The van der Waals surface area contributed by atoms with Gasteiger partial charge in [0.05, 0.1) is 44.9 Å². The normalized spacial score (nSPS) is 21.3. The van der Waals surface area contributed by atoms with Crippen LogP contribution >= 0.6 is 38.4 Å². The highest BCUT2D eigenvalue weighted by molar-refractivity contribution is 7.62. The van der Waals surface area contributed by atoms with E-state index in [2.05, 4.69) is 15.5 Å². The van der Waals surface area contributed by atoms with Crippen LogP contribution in [0.15, 0.2) is 85.2 Å². The molecule has 2 saturated carbocycles. The van der Waals surface area contributed by atoms with Crippen LogP contribution in [-0.2, 0) is 63.5 Å². The van der Waals surface area contributed by atoms with E-state index in [9.17, 15) is 56.5 Å². The van der Waals surface area contributed by atoms with Crippen molar-refractivity contribution < 1.29 is 65.5 Å². The summed E-state index contributed by atoms with van der Waals surface area (Å²) in [7, 11) is -0.447. The fourth-order valence-electron chi connectivity index (χ4n) is 12.8. The topological polar surface area (TPSA) is 242 Å². The Balaban J connectivity index is 0.000000206. The molecule has 26 heteroatoms. The van der Waals surface area contributed by atoms with Crippen molar-refractivity contribution in [1.29, 1.82) is 0 Å². The van der Waals surface area contributed by atoms with Gasteiger partial charge in [-0.25, -0.2) is 8.78 Å². The zero-order valence-corrected chi connectivity index (χ0v) is 52.2. The Hall–Kier alpha value is -6.16. The van der Waals surface area contributed by atoms with Crippen LogP contribution in [0, 0.1) is 22.5 Å². The van der Waals surface area contributed by atoms with Crippen molar-refractivity contribution in [3.63, 3.8) is 0 Å². The molecule has 4 N–H and O–H groups in total. The summed E-state index contributed by atoms with van der Waals surface area (Å²) in [6.07, 6.45) is 5.54. The van der Waals surface area contributed by atoms with Gasteiger partial charge in [-0.05, 0) is 118 Å². The van der Waals surface area contributed by atoms with Crippen molar-refractivity contribution in [2.24, 2.45) is 10.8 Å². The van der Waals surface area contributed by atoms with Gasteiger partial charge in [-0.15, -0.1) is 0 Å². The summed E-state index contributed by atoms with van der Waals surface area (Å²) in [5, 5.41) is 6.65. The zero-order valence-electron chi connectivity index (χ0n) is 48.9. The number of rotatable bonds is 22. The van der Waals surface area contributed by atoms with Crippen LogP contribution in [0.4, 0.5) is 8.78 Å². The number of benzene rings is 4. The average Bonchev–Trinajstić information content (AvgIpc) is 1.55. The van der Waals surface area contributed by atoms with Gasteiger partial charge in [0.25, 0.3) is 0 Å². The Morgan fingerprint density at radius 3 is 1.40 bits per heavy atom. The second kappa shape index (κ2) is 25.1. The van der Waals surface area contributed by atoms with Gasteiger partial charge < -0.3 is 58.2 Å². The van der Waals surface area contributed by atoms with Gasteiger partial charge in [-0.1, -0.05) is 59.6 Å². The van der Waals surface area contributed by atoms with Crippen molar-refractivity contribution in [3.8, 4) is 0 Å². The number of likely N-dealkylation sites (tertiary alicyclic amines) is 2. The second-order valence-electron chi connectivity index (χ2n) is 23.3. The molecule has 20 nitrogen and oxygen atoms in total. The Morgan fingerprint density at radius 2 is 1.02 bits per heavy atom. The number of amides is 4. The number of ketones is 2. The first-order valence-corrected chi connectivity index (χ1v) is 32.0. The Labute approximate surface area is 506 Å². The number of hydrogen-bond acceptors (Lipinski definition) is 12. The minimum absolute atomic E-state index is 0.0310. The maximum atomic E-state index is 14.5. The maximum Gasteiger partial charge on any atom is 0.361 e. The number of halogens is 4. The number of fused-ring (bicyclic) bond motifs is 4. The van der Waals surface area contributed by atoms with Crippen LogP contribution in [0.5, 0.6) is 0 Å². The number of Topliss-reactive ketones (excluding diaryl/α,β-unsaturated/α-hetero) is 2. The summed E-state index contributed by atoms with van der Waals surface area (Å²) in [5.41, 5.74) is 1.60. The summed E-state index contributed by atoms with van der Waals surface area (Å²) in [6, 6.07) is 16.3. The lowest BCUT2D eigenvalue weighted by atomic mass is 9.98. The smallest absolute Gasteiger partial charge is 0.350 e. The molecular weight excluding hydrogens is 1200 g/mol. The van der Waals surface area contributed by atoms with Crippen LogP contribution in [0.3, 0.4) is 0 Å². The van der Waals surface area contributed by atoms with Crippen molar-refractivity contribution in [1.82, 2.24) is 39.4 Å². The van der Waals surface area contributed by atoms with E-state index in [1.54, 1.807) is 70.8 Å².